The summed E-state index contributed by atoms with van der Waals surface area (Å²) >= 11 is 3.36. The highest BCUT2D eigenvalue weighted by atomic mass is 79.9. The molecule has 0 aliphatic carbocycles. The van der Waals surface area contributed by atoms with E-state index in [0.717, 1.165) is 4.47 Å². The van der Waals surface area contributed by atoms with Crippen LogP contribution >= 0.6 is 15.9 Å². The molecule has 1 amide bonds. The van der Waals surface area contributed by atoms with Crippen LogP contribution in [0.5, 0.6) is 5.75 Å². The number of anilines is 1. The fourth-order valence-electron chi connectivity index (χ4n) is 2.23. The molecule has 3 rings (SSSR count). The molecule has 0 spiro atoms. The van der Waals surface area contributed by atoms with Crippen LogP contribution in [0.2, 0.25) is 0 Å². The molecule has 0 saturated carbocycles. The van der Waals surface area contributed by atoms with Gasteiger partial charge < -0.3 is 15.2 Å². The second-order valence-corrected chi connectivity index (χ2v) is 5.97. The van der Waals surface area contributed by atoms with Crippen molar-refractivity contribution in [2.45, 2.75) is 0 Å². The van der Waals surface area contributed by atoms with Gasteiger partial charge in [0.1, 0.15) is 5.75 Å². The van der Waals surface area contributed by atoms with E-state index in [1.165, 1.54) is 6.21 Å². The minimum absolute atomic E-state index is 0.205. The molecule has 0 unspecified atom stereocenters. The predicted octanol–water partition coefficient (Wildman–Crippen LogP) is 2.69. The van der Waals surface area contributed by atoms with Gasteiger partial charge in [-0.25, -0.2) is 4.79 Å². The average Bonchev–Trinajstić information content (AvgIpc) is 2.89. The van der Waals surface area contributed by atoms with Crippen LogP contribution in [0.25, 0.3) is 0 Å². The van der Waals surface area contributed by atoms with Gasteiger partial charge in [-0.05, 0) is 30.3 Å². The Kier molecular flexibility index (Phi) is 4.90. The number of carbonyl (C=O) groups excluding carboxylic acids is 1. The maximum Gasteiger partial charge on any atom is 0.341 e. The third kappa shape index (κ3) is 3.92. The van der Waals surface area contributed by atoms with E-state index in [2.05, 4.69) is 31.4 Å². The van der Waals surface area contributed by atoms with Gasteiger partial charge in [0.15, 0.2) is 12.3 Å². The SMILES string of the molecule is O=C(O)COc1ccccc1/C=N\N=C1/C(=O)Nc2ccc(Br)cc21. The summed E-state index contributed by atoms with van der Waals surface area (Å²) in [7, 11) is 0. The Hall–Kier alpha value is -3.00. The van der Waals surface area contributed by atoms with Gasteiger partial charge in [-0.15, -0.1) is 5.10 Å². The first kappa shape index (κ1) is 16.8. The Morgan fingerprint density at radius 2 is 2.08 bits per heavy atom. The molecule has 2 aromatic carbocycles. The van der Waals surface area contributed by atoms with Gasteiger partial charge in [-0.2, -0.15) is 5.10 Å². The van der Waals surface area contributed by atoms with Gasteiger partial charge in [-0.1, -0.05) is 28.1 Å². The number of benzene rings is 2. The molecule has 1 aliphatic rings. The lowest BCUT2D eigenvalue weighted by Gasteiger charge is -2.05. The second-order valence-electron chi connectivity index (χ2n) is 5.06. The second kappa shape index (κ2) is 7.27. The van der Waals surface area contributed by atoms with Crippen molar-refractivity contribution in [3.8, 4) is 5.75 Å². The molecule has 0 atom stereocenters. The summed E-state index contributed by atoms with van der Waals surface area (Å²) in [6.45, 7) is -0.455. The summed E-state index contributed by atoms with van der Waals surface area (Å²) in [5, 5.41) is 19.4. The number of fused-ring (bicyclic) bond motifs is 1. The molecule has 2 N–H and O–H groups in total. The summed E-state index contributed by atoms with van der Waals surface area (Å²) in [6, 6.07) is 12.2. The number of nitrogens with one attached hydrogen (secondary N) is 1. The van der Waals surface area contributed by atoms with Crippen molar-refractivity contribution in [2.24, 2.45) is 10.2 Å². The minimum Gasteiger partial charge on any atom is -0.481 e. The number of ether oxygens (including phenoxy) is 1. The molecule has 0 bridgehead atoms. The highest BCUT2D eigenvalue weighted by molar-refractivity contribution is 9.10. The van der Waals surface area contributed by atoms with Gasteiger partial charge in [0, 0.05) is 15.6 Å². The smallest absolute Gasteiger partial charge is 0.341 e. The first-order valence-electron chi connectivity index (χ1n) is 7.20. The molecule has 7 nitrogen and oxygen atoms in total. The fraction of sp³-hybridized carbons (Fsp3) is 0.0588. The molecule has 25 heavy (non-hydrogen) atoms. The van der Waals surface area contributed by atoms with Crippen molar-refractivity contribution < 1.29 is 19.4 Å². The molecule has 126 valence electrons. The average molecular weight is 402 g/mol. The zero-order valence-corrected chi connectivity index (χ0v) is 14.4. The number of carboxylic acid groups (broad SMARTS) is 1. The van der Waals surface area contributed by atoms with Gasteiger partial charge in [0.05, 0.1) is 11.9 Å². The molecule has 0 saturated heterocycles. The Morgan fingerprint density at radius 3 is 2.88 bits per heavy atom. The lowest BCUT2D eigenvalue weighted by molar-refractivity contribution is -0.139. The number of halogens is 1. The lowest BCUT2D eigenvalue weighted by atomic mass is 10.1. The quantitative estimate of drug-likeness (QED) is 0.593. The maximum absolute atomic E-state index is 12.0. The first-order chi connectivity index (χ1) is 12.0. The summed E-state index contributed by atoms with van der Waals surface area (Å²) in [5.74, 6) is -1.04. The monoisotopic (exact) mass is 401 g/mol. The largest absolute Gasteiger partial charge is 0.481 e. The van der Waals surface area contributed by atoms with Gasteiger partial charge >= 0.3 is 5.97 Å². The summed E-state index contributed by atoms with van der Waals surface area (Å²) in [5.41, 5.74) is 2.09. The van der Waals surface area contributed by atoms with Gasteiger partial charge in [0.25, 0.3) is 5.91 Å². The van der Waals surface area contributed by atoms with E-state index in [0.29, 0.717) is 22.6 Å². The van der Waals surface area contributed by atoms with Crippen LogP contribution in [-0.4, -0.2) is 35.5 Å². The number of nitrogens with zero attached hydrogens (tertiary/aromatic N) is 2. The third-order valence-corrected chi connectivity index (χ3v) is 3.82. The molecule has 1 aliphatic heterocycles. The van der Waals surface area contributed by atoms with Crippen LogP contribution in [0, 0.1) is 0 Å². The van der Waals surface area contributed by atoms with E-state index < -0.39 is 12.6 Å². The summed E-state index contributed by atoms with van der Waals surface area (Å²) in [4.78, 5) is 22.6. The van der Waals surface area contributed by atoms with Gasteiger partial charge in [-0.3, -0.25) is 4.79 Å². The van der Waals surface area contributed by atoms with Crippen LogP contribution in [0.4, 0.5) is 5.69 Å². The highest BCUT2D eigenvalue weighted by Gasteiger charge is 2.26. The standard InChI is InChI=1S/C17H12BrN3O4/c18-11-5-6-13-12(7-11)16(17(24)20-13)21-19-8-10-3-1-2-4-14(10)25-9-15(22)23/h1-8H,9H2,(H,22,23)(H,20,21,24)/b19-8-. The highest BCUT2D eigenvalue weighted by Crippen LogP contribution is 2.27. The fourth-order valence-corrected chi connectivity index (χ4v) is 2.59. The molecule has 0 radical (unpaired) electrons. The molecule has 0 aromatic heterocycles. The Balaban J connectivity index is 1.84. The predicted molar refractivity (Wildman–Crippen MR) is 96.5 cm³/mol. The number of hydrogen-bond donors (Lipinski definition) is 2. The maximum atomic E-state index is 12.0. The van der Waals surface area contributed by atoms with E-state index in [-0.39, 0.29) is 11.6 Å². The number of carbonyl (C=O) groups is 2. The zero-order valence-electron chi connectivity index (χ0n) is 12.8. The number of carboxylic acids is 1. The number of rotatable bonds is 5. The van der Waals surface area contributed by atoms with Crippen molar-refractivity contribution in [1.29, 1.82) is 0 Å². The number of aliphatic carboxylic acids is 1. The van der Waals surface area contributed by atoms with Crippen molar-refractivity contribution in [3.63, 3.8) is 0 Å². The zero-order chi connectivity index (χ0) is 17.8. The van der Waals surface area contributed by atoms with Crippen LogP contribution in [0.3, 0.4) is 0 Å². The van der Waals surface area contributed by atoms with Crippen molar-refractivity contribution in [3.05, 3.63) is 58.1 Å². The van der Waals surface area contributed by atoms with Crippen molar-refractivity contribution in [1.82, 2.24) is 0 Å². The van der Waals surface area contributed by atoms with Gasteiger partial charge in [0.2, 0.25) is 0 Å². The van der Waals surface area contributed by atoms with Crippen LogP contribution < -0.4 is 10.1 Å². The van der Waals surface area contributed by atoms with Crippen LogP contribution in [0.15, 0.2) is 57.1 Å². The lowest BCUT2D eigenvalue weighted by Crippen LogP contribution is -2.13. The Bertz CT molecular complexity index is 909. The number of amides is 1. The van der Waals surface area contributed by atoms with Crippen molar-refractivity contribution in [2.75, 3.05) is 11.9 Å². The molecule has 1 heterocycles. The van der Waals surface area contributed by atoms with E-state index in [1.807, 2.05) is 6.07 Å². The van der Waals surface area contributed by atoms with Crippen LogP contribution in [-0.2, 0) is 9.59 Å². The summed E-state index contributed by atoms with van der Waals surface area (Å²) in [6.07, 6.45) is 1.41. The molecular formula is C17H12BrN3O4. The third-order valence-electron chi connectivity index (χ3n) is 3.32. The van der Waals surface area contributed by atoms with E-state index in [9.17, 15) is 9.59 Å². The first-order valence-corrected chi connectivity index (χ1v) is 8.00. The number of hydrogen-bond acceptors (Lipinski definition) is 5. The topological polar surface area (TPSA) is 100 Å². The molecule has 0 fully saturated rings. The van der Waals surface area contributed by atoms with E-state index in [4.69, 9.17) is 9.84 Å². The molecular weight excluding hydrogens is 390 g/mol. The summed E-state index contributed by atoms with van der Waals surface area (Å²) < 4.78 is 6.02. The minimum atomic E-state index is -1.07. The van der Waals surface area contributed by atoms with E-state index >= 15 is 0 Å². The van der Waals surface area contributed by atoms with Crippen molar-refractivity contribution >= 4 is 45.4 Å². The van der Waals surface area contributed by atoms with E-state index in [1.54, 1.807) is 36.4 Å². The normalized spacial score (nSPS) is 14.6. The Morgan fingerprint density at radius 1 is 1.28 bits per heavy atom. The Labute approximate surface area is 151 Å². The molecule has 8 heteroatoms. The number of para-hydroxylation sites is 1. The molecule has 2 aromatic rings. The van der Waals surface area contributed by atoms with Crippen LogP contribution in [0.1, 0.15) is 11.1 Å².